The molecule has 2 rings (SSSR count). The molecule has 2 aromatic carbocycles. The number of rotatable bonds is 1. The highest BCUT2D eigenvalue weighted by Gasteiger charge is 1.91. The van der Waals surface area contributed by atoms with Gasteiger partial charge in [-0.1, -0.05) is 60.7 Å². The molecule has 0 amide bonds. The normalized spacial score (nSPS) is 8.93. The van der Waals surface area contributed by atoms with Crippen molar-refractivity contribution >= 4 is 0 Å². The zero-order chi connectivity index (χ0) is 10.9. The Bertz CT molecular complexity index is 324. The SMILES string of the molecule is NOO.c1ccc(-c2ccccc2)cc1. The highest BCUT2D eigenvalue weighted by Crippen LogP contribution is 2.17. The highest BCUT2D eigenvalue weighted by molar-refractivity contribution is 5.62. The maximum Gasteiger partial charge on any atom is -0.0184 e. The minimum absolute atomic E-state index is 1.28. The Morgan fingerprint density at radius 1 is 0.733 bits per heavy atom. The second kappa shape index (κ2) is 6.73. The van der Waals surface area contributed by atoms with E-state index in [1.807, 2.05) is 12.1 Å². The third-order valence-electron chi connectivity index (χ3n) is 1.88. The van der Waals surface area contributed by atoms with Crippen molar-refractivity contribution in [3.63, 3.8) is 0 Å². The van der Waals surface area contributed by atoms with Crippen LogP contribution in [0, 0.1) is 0 Å². The van der Waals surface area contributed by atoms with Crippen molar-refractivity contribution in [2.45, 2.75) is 0 Å². The number of hydrogen-bond acceptors (Lipinski definition) is 3. The van der Waals surface area contributed by atoms with E-state index in [9.17, 15) is 0 Å². The van der Waals surface area contributed by atoms with E-state index in [1.54, 1.807) is 0 Å². The van der Waals surface area contributed by atoms with Crippen LogP contribution in [0.2, 0.25) is 0 Å². The van der Waals surface area contributed by atoms with Crippen LogP contribution in [0.3, 0.4) is 0 Å². The van der Waals surface area contributed by atoms with Crippen LogP contribution in [0.25, 0.3) is 11.1 Å². The van der Waals surface area contributed by atoms with Gasteiger partial charge < -0.3 is 0 Å². The minimum atomic E-state index is 1.28. The number of benzene rings is 2. The number of nitrogens with two attached hydrogens (primary N) is 1. The van der Waals surface area contributed by atoms with Crippen LogP contribution in [0.15, 0.2) is 60.7 Å². The summed E-state index contributed by atoms with van der Waals surface area (Å²) in [5.41, 5.74) is 2.55. The Labute approximate surface area is 88.6 Å². The van der Waals surface area contributed by atoms with Gasteiger partial charge in [-0.25, -0.2) is 5.26 Å². The lowest BCUT2D eigenvalue weighted by Gasteiger charge is -1.98. The summed E-state index contributed by atoms with van der Waals surface area (Å²) >= 11 is 0. The van der Waals surface area contributed by atoms with E-state index in [-0.39, 0.29) is 0 Å². The first-order chi connectivity index (χ1) is 7.38. The van der Waals surface area contributed by atoms with Gasteiger partial charge in [0.15, 0.2) is 0 Å². The van der Waals surface area contributed by atoms with Crippen LogP contribution in [0.4, 0.5) is 0 Å². The van der Waals surface area contributed by atoms with Gasteiger partial charge in [0.2, 0.25) is 0 Å². The Morgan fingerprint density at radius 3 is 1.27 bits per heavy atom. The van der Waals surface area contributed by atoms with Crippen LogP contribution < -0.4 is 5.90 Å². The van der Waals surface area contributed by atoms with Gasteiger partial charge in [-0.2, -0.15) is 5.90 Å². The molecular formula is C12H13NO2. The van der Waals surface area contributed by atoms with Crippen molar-refractivity contribution < 1.29 is 10.2 Å². The molecule has 0 fully saturated rings. The average Bonchev–Trinajstić information content (AvgIpc) is 2.32. The molecule has 3 N–H and O–H groups in total. The van der Waals surface area contributed by atoms with Gasteiger partial charge in [0.25, 0.3) is 0 Å². The van der Waals surface area contributed by atoms with Gasteiger partial charge in [-0.15, -0.1) is 4.99 Å². The molecule has 3 nitrogen and oxygen atoms in total. The minimum Gasteiger partial charge on any atom is -0.233 e. The van der Waals surface area contributed by atoms with Crippen molar-refractivity contribution in [1.82, 2.24) is 0 Å². The van der Waals surface area contributed by atoms with Gasteiger partial charge in [-0.3, -0.25) is 0 Å². The van der Waals surface area contributed by atoms with E-state index >= 15 is 0 Å². The molecule has 15 heavy (non-hydrogen) atoms. The first-order valence-electron chi connectivity index (χ1n) is 4.49. The molecule has 0 radical (unpaired) electrons. The van der Waals surface area contributed by atoms with E-state index in [0.717, 1.165) is 0 Å². The third-order valence-corrected chi connectivity index (χ3v) is 1.88. The molecule has 3 heteroatoms. The topological polar surface area (TPSA) is 55.5 Å². The Morgan fingerprint density at radius 2 is 1.00 bits per heavy atom. The predicted molar refractivity (Wildman–Crippen MR) is 59.8 cm³/mol. The van der Waals surface area contributed by atoms with E-state index in [2.05, 4.69) is 59.4 Å². The van der Waals surface area contributed by atoms with E-state index in [1.165, 1.54) is 11.1 Å². The fourth-order valence-corrected chi connectivity index (χ4v) is 1.26. The molecule has 0 aliphatic rings. The predicted octanol–water partition coefficient (Wildman–Crippen LogP) is 2.70. The summed E-state index contributed by atoms with van der Waals surface area (Å²) in [5, 5.41) is 6.85. The van der Waals surface area contributed by atoms with Gasteiger partial charge in [-0.05, 0) is 11.1 Å². The molecule has 0 bridgehead atoms. The zero-order valence-electron chi connectivity index (χ0n) is 8.21. The maximum atomic E-state index is 6.85. The smallest absolute Gasteiger partial charge is 0.0184 e. The summed E-state index contributed by atoms with van der Waals surface area (Å²) in [6.45, 7) is 0. The lowest BCUT2D eigenvalue weighted by atomic mass is 10.1. The van der Waals surface area contributed by atoms with Crippen LogP contribution in [0.5, 0.6) is 0 Å². The molecular weight excluding hydrogens is 190 g/mol. The Kier molecular flexibility index (Phi) is 5.11. The highest BCUT2D eigenvalue weighted by atomic mass is 17.2. The van der Waals surface area contributed by atoms with Crippen molar-refractivity contribution in [1.29, 1.82) is 0 Å². The molecule has 0 aromatic heterocycles. The summed E-state index contributed by atoms with van der Waals surface area (Å²) in [6.07, 6.45) is 0. The monoisotopic (exact) mass is 203 g/mol. The summed E-state index contributed by atoms with van der Waals surface area (Å²) < 4.78 is 0. The summed E-state index contributed by atoms with van der Waals surface area (Å²) in [6, 6.07) is 20.8. The van der Waals surface area contributed by atoms with Crippen LogP contribution in [-0.4, -0.2) is 5.26 Å². The second-order valence-electron chi connectivity index (χ2n) is 2.84. The van der Waals surface area contributed by atoms with E-state index in [0.29, 0.717) is 0 Å². The summed E-state index contributed by atoms with van der Waals surface area (Å²) in [5.74, 6) is 3.90. The largest absolute Gasteiger partial charge is 0.233 e. The van der Waals surface area contributed by atoms with E-state index in [4.69, 9.17) is 5.26 Å². The first-order valence-corrected chi connectivity index (χ1v) is 4.49. The maximum absolute atomic E-state index is 6.85. The van der Waals surface area contributed by atoms with E-state index < -0.39 is 0 Å². The summed E-state index contributed by atoms with van der Waals surface area (Å²) in [4.78, 5) is 2.75. The standard InChI is InChI=1S/C12H10.H3NO2/c1-3-7-11(8-4-1)12-9-5-2-6-10-12;1-3-2/h1-10H;2H,1H2. The molecule has 0 aliphatic heterocycles. The summed E-state index contributed by atoms with van der Waals surface area (Å²) in [7, 11) is 0. The molecule has 0 heterocycles. The molecule has 78 valence electrons. The Balaban J connectivity index is 0.000000337. The molecule has 2 aromatic rings. The van der Waals surface area contributed by atoms with Crippen molar-refractivity contribution in [3.05, 3.63) is 60.7 Å². The van der Waals surface area contributed by atoms with Crippen LogP contribution in [-0.2, 0) is 4.99 Å². The van der Waals surface area contributed by atoms with Crippen molar-refractivity contribution in [3.8, 4) is 11.1 Å². The second-order valence-corrected chi connectivity index (χ2v) is 2.84. The third kappa shape index (κ3) is 3.91. The molecule has 0 atom stereocenters. The van der Waals surface area contributed by atoms with Gasteiger partial charge in [0, 0.05) is 0 Å². The van der Waals surface area contributed by atoms with Crippen molar-refractivity contribution in [2.24, 2.45) is 5.90 Å². The molecule has 0 saturated heterocycles. The molecule has 0 aliphatic carbocycles. The van der Waals surface area contributed by atoms with Crippen molar-refractivity contribution in [2.75, 3.05) is 0 Å². The lowest BCUT2D eigenvalue weighted by Crippen LogP contribution is -1.87. The quantitative estimate of drug-likeness (QED) is 0.553. The van der Waals surface area contributed by atoms with Gasteiger partial charge in [0.05, 0.1) is 0 Å². The number of hydrogen-bond donors (Lipinski definition) is 2. The molecule has 0 spiro atoms. The Hall–Kier alpha value is -1.68. The molecule has 0 unspecified atom stereocenters. The van der Waals surface area contributed by atoms with Crippen LogP contribution >= 0.6 is 0 Å². The van der Waals surface area contributed by atoms with Gasteiger partial charge >= 0.3 is 0 Å². The first kappa shape index (κ1) is 11.4. The molecule has 0 saturated carbocycles. The van der Waals surface area contributed by atoms with Crippen LogP contribution in [0.1, 0.15) is 0 Å². The lowest BCUT2D eigenvalue weighted by molar-refractivity contribution is -0.247. The fraction of sp³-hybridized carbons (Fsp3) is 0. The average molecular weight is 203 g/mol. The zero-order valence-corrected chi connectivity index (χ0v) is 8.21. The fourth-order valence-electron chi connectivity index (χ4n) is 1.26. The van der Waals surface area contributed by atoms with Gasteiger partial charge in [0.1, 0.15) is 0 Å².